The number of aliphatic hydroxyl groups is 2. The van der Waals surface area contributed by atoms with E-state index in [-0.39, 0.29) is 0 Å². The summed E-state index contributed by atoms with van der Waals surface area (Å²) in [6, 6.07) is 3.24. The molecule has 0 amide bonds. The van der Waals surface area contributed by atoms with Crippen LogP contribution < -0.4 is 14.2 Å². The maximum atomic E-state index is 11.5. The number of methoxy groups -OCH3 is 3. The van der Waals surface area contributed by atoms with E-state index in [2.05, 4.69) is 4.74 Å². The Bertz CT molecular complexity index is 593. The number of hydrogen-bond acceptors (Lipinski definition) is 8. The van der Waals surface area contributed by atoms with Crippen molar-refractivity contribution >= 4 is 18.0 Å². The summed E-state index contributed by atoms with van der Waals surface area (Å²) in [6.45, 7) is -0.834. The number of carbonyl (C=O) groups is 2. The second-order valence-corrected chi connectivity index (χ2v) is 4.20. The average Bonchev–Trinajstić information content (AvgIpc) is 2.57. The third-order valence-electron chi connectivity index (χ3n) is 2.78. The Hall–Kier alpha value is -2.58. The van der Waals surface area contributed by atoms with E-state index in [0.29, 0.717) is 22.8 Å². The fourth-order valence-electron chi connectivity index (χ4n) is 1.69. The van der Waals surface area contributed by atoms with E-state index in [1.165, 1.54) is 27.4 Å². The van der Waals surface area contributed by atoms with Crippen molar-refractivity contribution in [3.05, 3.63) is 23.8 Å². The quantitative estimate of drug-likeness (QED) is 0.414. The van der Waals surface area contributed by atoms with E-state index in [1.54, 1.807) is 12.1 Å². The van der Waals surface area contributed by atoms with Gasteiger partial charge in [0.25, 0.3) is 0 Å². The molecule has 0 aliphatic rings. The average molecular weight is 326 g/mol. The van der Waals surface area contributed by atoms with E-state index >= 15 is 0 Å². The van der Waals surface area contributed by atoms with Crippen LogP contribution in [0.5, 0.6) is 17.2 Å². The standard InChI is InChI=1S/C15H18O8/c1-20-11-6-4-9(13(21-2)14(11)22-3)5-7-12(18)23-15(19)10(17)8-16/h4-7,10,16-17H,8H2,1-3H3/b7-5+. The highest BCUT2D eigenvalue weighted by atomic mass is 16.6. The molecule has 1 aromatic rings. The first kappa shape index (κ1) is 18.5. The van der Waals surface area contributed by atoms with E-state index < -0.39 is 24.6 Å². The Morgan fingerprint density at radius 2 is 1.78 bits per heavy atom. The fourth-order valence-corrected chi connectivity index (χ4v) is 1.69. The van der Waals surface area contributed by atoms with E-state index in [0.717, 1.165) is 6.08 Å². The molecule has 0 spiro atoms. The number of aliphatic hydroxyl groups excluding tert-OH is 2. The first-order chi connectivity index (χ1) is 11.0. The van der Waals surface area contributed by atoms with Crippen molar-refractivity contribution in [2.75, 3.05) is 27.9 Å². The first-order valence-corrected chi connectivity index (χ1v) is 6.50. The molecule has 0 saturated carbocycles. The van der Waals surface area contributed by atoms with Crippen molar-refractivity contribution in [3.8, 4) is 17.2 Å². The number of carbonyl (C=O) groups excluding carboxylic acids is 2. The van der Waals surface area contributed by atoms with E-state index in [9.17, 15) is 9.59 Å². The van der Waals surface area contributed by atoms with Crippen molar-refractivity contribution in [3.63, 3.8) is 0 Å². The lowest BCUT2D eigenvalue weighted by molar-refractivity contribution is -0.164. The Balaban J connectivity index is 2.96. The fraction of sp³-hybridized carbons (Fsp3) is 0.333. The van der Waals surface area contributed by atoms with Crippen LogP contribution in [0.4, 0.5) is 0 Å². The molecule has 8 nitrogen and oxygen atoms in total. The predicted octanol–water partition coefficient (Wildman–Crippen LogP) is 0.149. The molecule has 0 fully saturated rings. The largest absolute Gasteiger partial charge is 0.493 e. The summed E-state index contributed by atoms with van der Waals surface area (Å²) in [5.41, 5.74) is 0.484. The maximum Gasteiger partial charge on any atom is 0.345 e. The van der Waals surface area contributed by atoms with Crippen LogP contribution in [0.3, 0.4) is 0 Å². The highest BCUT2D eigenvalue weighted by Crippen LogP contribution is 2.40. The van der Waals surface area contributed by atoms with Gasteiger partial charge in [0.1, 0.15) is 0 Å². The molecule has 1 aromatic carbocycles. The van der Waals surface area contributed by atoms with Gasteiger partial charge in [0.05, 0.1) is 27.9 Å². The van der Waals surface area contributed by atoms with Crippen LogP contribution in [0.1, 0.15) is 5.56 Å². The minimum Gasteiger partial charge on any atom is -0.493 e. The second-order valence-electron chi connectivity index (χ2n) is 4.20. The summed E-state index contributed by atoms with van der Waals surface area (Å²) >= 11 is 0. The third kappa shape index (κ3) is 4.70. The molecule has 1 atom stereocenters. The minimum absolute atomic E-state index is 0.331. The van der Waals surface area contributed by atoms with Crippen LogP contribution in [0.25, 0.3) is 6.08 Å². The van der Waals surface area contributed by atoms with Gasteiger partial charge >= 0.3 is 11.9 Å². The van der Waals surface area contributed by atoms with Gasteiger partial charge < -0.3 is 29.2 Å². The lowest BCUT2D eigenvalue weighted by atomic mass is 10.1. The molecule has 1 rings (SSSR count). The molecule has 0 heterocycles. The van der Waals surface area contributed by atoms with Crippen LogP contribution >= 0.6 is 0 Å². The number of benzene rings is 1. The van der Waals surface area contributed by atoms with Crippen LogP contribution in [0.15, 0.2) is 18.2 Å². The zero-order valence-corrected chi connectivity index (χ0v) is 12.9. The lowest BCUT2D eigenvalue weighted by Crippen LogP contribution is -2.28. The first-order valence-electron chi connectivity index (χ1n) is 6.50. The molecule has 8 heteroatoms. The molecule has 0 radical (unpaired) electrons. The lowest BCUT2D eigenvalue weighted by Gasteiger charge is -2.13. The minimum atomic E-state index is -1.76. The topological polar surface area (TPSA) is 112 Å². The van der Waals surface area contributed by atoms with Crippen LogP contribution in [-0.2, 0) is 14.3 Å². The normalized spacial score (nSPS) is 11.9. The zero-order valence-electron chi connectivity index (χ0n) is 12.9. The molecule has 23 heavy (non-hydrogen) atoms. The number of ether oxygens (including phenoxy) is 4. The summed E-state index contributed by atoms with van der Waals surface area (Å²) < 4.78 is 19.9. The molecule has 0 aromatic heterocycles. The van der Waals surface area contributed by atoms with Crippen molar-refractivity contribution in [2.45, 2.75) is 6.10 Å². The van der Waals surface area contributed by atoms with Crippen LogP contribution in [0.2, 0.25) is 0 Å². The third-order valence-corrected chi connectivity index (χ3v) is 2.78. The predicted molar refractivity (Wildman–Crippen MR) is 79.3 cm³/mol. The number of hydrogen-bond donors (Lipinski definition) is 2. The smallest absolute Gasteiger partial charge is 0.345 e. The van der Waals surface area contributed by atoms with Gasteiger partial charge in [0, 0.05) is 11.6 Å². The van der Waals surface area contributed by atoms with Crippen LogP contribution in [0, 0.1) is 0 Å². The molecule has 126 valence electrons. The summed E-state index contributed by atoms with van der Waals surface area (Å²) in [5, 5.41) is 17.6. The molecule has 0 saturated heterocycles. The Morgan fingerprint density at radius 3 is 2.30 bits per heavy atom. The highest BCUT2D eigenvalue weighted by Gasteiger charge is 2.18. The van der Waals surface area contributed by atoms with E-state index in [4.69, 9.17) is 24.4 Å². The van der Waals surface area contributed by atoms with Crippen molar-refractivity contribution < 1.29 is 38.7 Å². The number of rotatable bonds is 7. The summed E-state index contributed by atoms with van der Waals surface area (Å²) in [5.74, 6) is -1.11. The van der Waals surface area contributed by atoms with Crippen LogP contribution in [-0.4, -0.2) is 56.2 Å². The Labute approximate surface area is 132 Å². The molecule has 0 aliphatic carbocycles. The Morgan fingerprint density at radius 1 is 1.13 bits per heavy atom. The van der Waals surface area contributed by atoms with Gasteiger partial charge in [-0.3, -0.25) is 0 Å². The van der Waals surface area contributed by atoms with Crippen molar-refractivity contribution in [1.29, 1.82) is 0 Å². The maximum absolute atomic E-state index is 11.5. The molecular weight excluding hydrogens is 308 g/mol. The Kier molecular flexibility index (Phi) is 7.04. The second kappa shape index (κ2) is 8.76. The van der Waals surface area contributed by atoms with E-state index in [1.807, 2.05) is 0 Å². The van der Waals surface area contributed by atoms with Crippen molar-refractivity contribution in [2.24, 2.45) is 0 Å². The SMILES string of the molecule is COc1ccc(/C=C/C(=O)OC(=O)C(O)CO)c(OC)c1OC. The summed E-state index contributed by atoms with van der Waals surface area (Å²) in [7, 11) is 4.34. The highest BCUT2D eigenvalue weighted by molar-refractivity contribution is 5.96. The molecule has 0 aliphatic heterocycles. The monoisotopic (exact) mass is 326 g/mol. The zero-order chi connectivity index (χ0) is 17.4. The van der Waals surface area contributed by atoms with Gasteiger partial charge in [0.2, 0.25) is 5.75 Å². The molecule has 2 N–H and O–H groups in total. The van der Waals surface area contributed by atoms with Gasteiger partial charge in [-0.05, 0) is 18.2 Å². The van der Waals surface area contributed by atoms with Gasteiger partial charge in [0.15, 0.2) is 17.6 Å². The van der Waals surface area contributed by atoms with Crippen molar-refractivity contribution in [1.82, 2.24) is 0 Å². The number of esters is 2. The molecular formula is C15H18O8. The summed E-state index contributed by atoms with van der Waals surface area (Å²) in [6.07, 6.45) is 0.566. The molecule has 0 bridgehead atoms. The summed E-state index contributed by atoms with van der Waals surface area (Å²) in [4.78, 5) is 22.7. The molecule has 1 unspecified atom stereocenters. The van der Waals surface area contributed by atoms with Gasteiger partial charge in [-0.1, -0.05) is 0 Å². The van der Waals surface area contributed by atoms with Gasteiger partial charge in [-0.25, -0.2) is 9.59 Å². The van der Waals surface area contributed by atoms with Gasteiger partial charge in [-0.15, -0.1) is 0 Å². The van der Waals surface area contributed by atoms with Gasteiger partial charge in [-0.2, -0.15) is 0 Å².